The first-order valence-corrected chi connectivity index (χ1v) is 13.7. The van der Waals surface area contributed by atoms with E-state index in [1.165, 1.54) is 12.6 Å². The summed E-state index contributed by atoms with van der Waals surface area (Å²) in [7, 11) is -3.14. The van der Waals surface area contributed by atoms with Crippen molar-refractivity contribution in [3.8, 4) is 11.5 Å². The lowest BCUT2D eigenvalue weighted by atomic mass is 10.1. The fraction of sp³-hybridized carbons (Fsp3) is 0.231. The van der Waals surface area contributed by atoms with Gasteiger partial charge in [-0.2, -0.15) is 0 Å². The summed E-state index contributed by atoms with van der Waals surface area (Å²) in [5.74, 6) is 1.99. The Labute approximate surface area is 214 Å². The molecule has 1 unspecified atom stereocenters. The van der Waals surface area contributed by atoms with Gasteiger partial charge in [-0.3, -0.25) is 4.98 Å². The largest absolute Gasteiger partial charge is 0.463 e. The number of hydrogen-bond acceptors (Lipinski definition) is 10. The molecule has 37 heavy (non-hydrogen) atoms. The maximum absolute atomic E-state index is 11.5. The predicted octanol–water partition coefficient (Wildman–Crippen LogP) is 4.39. The fourth-order valence-corrected chi connectivity index (χ4v) is 4.77. The molecular formula is C26H26N6O4S. The van der Waals surface area contributed by atoms with Crippen LogP contribution in [0.4, 0.5) is 17.2 Å². The summed E-state index contributed by atoms with van der Waals surface area (Å²) in [4.78, 5) is 17.4. The van der Waals surface area contributed by atoms with E-state index >= 15 is 0 Å². The van der Waals surface area contributed by atoms with Gasteiger partial charge in [0.05, 0.1) is 17.5 Å². The van der Waals surface area contributed by atoms with Gasteiger partial charge in [-0.1, -0.05) is 0 Å². The second-order valence-corrected chi connectivity index (χ2v) is 11.1. The number of amidine groups is 1. The predicted molar refractivity (Wildman–Crippen MR) is 144 cm³/mol. The Hall–Kier alpha value is -4.25. The average molecular weight is 519 g/mol. The number of anilines is 3. The number of nitrogens with one attached hydrogen (secondary N) is 2. The van der Waals surface area contributed by atoms with Crippen LogP contribution in [0.2, 0.25) is 0 Å². The van der Waals surface area contributed by atoms with E-state index in [2.05, 4.69) is 30.6 Å². The second-order valence-electron chi connectivity index (χ2n) is 8.91. The van der Waals surface area contributed by atoms with Crippen LogP contribution in [0.15, 0.2) is 66.0 Å². The van der Waals surface area contributed by atoms with Gasteiger partial charge in [0.25, 0.3) is 6.02 Å². The minimum Gasteiger partial charge on any atom is -0.463 e. The third-order valence-corrected chi connectivity index (χ3v) is 6.63. The summed E-state index contributed by atoms with van der Waals surface area (Å²) < 4.78 is 34.6. The Morgan fingerprint density at radius 2 is 1.81 bits per heavy atom. The van der Waals surface area contributed by atoms with Crippen molar-refractivity contribution in [3.63, 3.8) is 0 Å². The highest BCUT2D eigenvalue weighted by Crippen LogP contribution is 2.30. The summed E-state index contributed by atoms with van der Waals surface area (Å²) in [6.07, 6.45) is 4.40. The zero-order valence-corrected chi connectivity index (χ0v) is 21.4. The Kier molecular flexibility index (Phi) is 6.62. The van der Waals surface area contributed by atoms with Gasteiger partial charge in [0.1, 0.15) is 46.1 Å². The molecule has 4 aromatic rings. The number of aliphatic imine (C=N–C) groups is 1. The minimum absolute atomic E-state index is 0.0526. The van der Waals surface area contributed by atoms with Crippen molar-refractivity contribution < 1.29 is 17.9 Å². The Balaban J connectivity index is 1.34. The quantitative estimate of drug-likeness (QED) is 0.366. The highest BCUT2D eigenvalue weighted by atomic mass is 32.2. The maximum atomic E-state index is 11.5. The number of aryl methyl sites for hydroxylation is 2. The number of pyridine rings is 1. The SMILES string of the molecule is Cc1ccc(Oc2ccc(Nc3ncnc4ccc(NC5=NC(CS(C)(=O)=O)CO5)cc34)cc2C)cn1. The van der Waals surface area contributed by atoms with Crippen LogP contribution in [-0.4, -0.2) is 54.0 Å². The van der Waals surface area contributed by atoms with E-state index in [1.807, 2.05) is 62.4 Å². The van der Waals surface area contributed by atoms with Crippen LogP contribution in [0, 0.1) is 13.8 Å². The summed E-state index contributed by atoms with van der Waals surface area (Å²) in [6.45, 7) is 4.12. The van der Waals surface area contributed by atoms with Crippen molar-refractivity contribution in [2.45, 2.75) is 19.9 Å². The topological polar surface area (TPSA) is 128 Å². The number of rotatable bonds is 7. The van der Waals surface area contributed by atoms with Gasteiger partial charge >= 0.3 is 0 Å². The van der Waals surface area contributed by atoms with E-state index in [9.17, 15) is 8.42 Å². The number of sulfone groups is 1. The Morgan fingerprint density at radius 1 is 1.00 bits per heavy atom. The highest BCUT2D eigenvalue weighted by molar-refractivity contribution is 7.90. The lowest BCUT2D eigenvalue weighted by Gasteiger charge is -2.13. The molecule has 3 heterocycles. The van der Waals surface area contributed by atoms with Gasteiger partial charge in [0.15, 0.2) is 0 Å². The molecule has 0 aliphatic carbocycles. The number of fused-ring (bicyclic) bond motifs is 1. The molecule has 5 rings (SSSR count). The number of nitrogens with zero attached hydrogens (tertiary/aromatic N) is 4. The summed E-state index contributed by atoms with van der Waals surface area (Å²) >= 11 is 0. The van der Waals surface area contributed by atoms with E-state index in [1.54, 1.807) is 6.20 Å². The van der Waals surface area contributed by atoms with Gasteiger partial charge in [0, 0.05) is 28.7 Å². The van der Waals surface area contributed by atoms with E-state index in [-0.39, 0.29) is 18.4 Å². The fourth-order valence-electron chi connectivity index (χ4n) is 3.90. The van der Waals surface area contributed by atoms with E-state index < -0.39 is 15.9 Å². The first kappa shape index (κ1) is 24.4. The van der Waals surface area contributed by atoms with Gasteiger partial charge in [-0.15, -0.1) is 0 Å². The van der Waals surface area contributed by atoms with Gasteiger partial charge in [-0.05, 0) is 67.9 Å². The van der Waals surface area contributed by atoms with E-state index in [4.69, 9.17) is 9.47 Å². The third kappa shape index (κ3) is 6.12. The second kappa shape index (κ2) is 10.0. The van der Waals surface area contributed by atoms with Crippen LogP contribution in [0.5, 0.6) is 11.5 Å². The van der Waals surface area contributed by atoms with Crippen LogP contribution >= 0.6 is 0 Å². The standard InChI is InChI=1S/C26H26N6O4S/c1-16-10-18(6-9-24(16)36-21-7-4-17(2)27-12-21)30-25-22-11-19(5-8-23(22)28-15-29-25)31-26-32-20(13-35-26)14-37(3,33)34/h4-12,15,20H,13-14H2,1-3H3,(H,31,32)(H,28,29,30). The summed E-state index contributed by atoms with van der Waals surface area (Å²) in [5.41, 5.74) is 4.20. The first-order chi connectivity index (χ1) is 17.7. The summed E-state index contributed by atoms with van der Waals surface area (Å²) in [6, 6.07) is 15.1. The lowest BCUT2D eigenvalue weighted by molar-refractivity contribution is 0.322. The molecular weight excluding hydrogens is 492 g/mol. The van der Waals surface area contributed by atoms with Crippen molar-refractivity contribution in [1.82, 2.24) is 15.0 Å². The molecule has 2 N–H and O–H groups in total. The van der Waals surface area contributed by atoms with Crippen molar-refractivity contribution in [2.75, 3.05) is 29.2 Å². The van der Waals surface area contributed by atoms with Crippen molar-refractivity contribution in [1.29, 1.82) is 0 Å². The number of benzene rings is 2. The molecule has 0 saturated carbocycles. The van der Waals surface area contributed by atoms with Crippen molar-refractivity contribution >= 4 is 44.0 Å². The molecule has 0 fully saturated rings. The molecule has 0 spiro atoms. The maximum Gasteiger partial charge on any atom is 0.289 e. The molecule has 2 aromatic heterocycles. The molecule has 0 bridgehead atoms. The molecule has 11 heteroatoms. The van der Waals surface area contributed by atoms with Crippen LogP contribution in [0.1, 0.15) is 11.3 Å². The number of hydrogen-bond donors (Lipinski definition) is 2. The van der Waals surface area contributed by atoms with Crippen LogP contribution in [0.3, 0.4) is 0 Å². The van der Waals surface area contributed by atoms with Gasteiger partial charge in [0.2, 0.25) is 0 Å². The average Bonchev–Trinajstić information content (AvgIpc) is 3.27. The molecule has 1 atom stereocenters. The summed E-state index contributed by atoms with van der Waals surface area (Å²) in [5, 5.41) is 7.27. The highest BCUT2D eigenvalue weighted by Gasteiger charge is 2.23. The molecule has 0 amide bonds. The third-order valence-electron chi connectivity index (χ3n) is 5.64. The molecule has 190 valence electrons. The molecule has 1 aliphatic rings. The molecule has 0 radical (unpaired) electrons. The lowest BCUT2D eigenvalue weighted by Crippen LogP contribution is -2.19. The van der Waals surface area contributed by atoms with E-state index in [0.717, 1.165) is 39.3 Å². The number of ether oxygens (including phenoxy) is 2. The molecule has 1 aliphatic heterocycles. The molecule has 0 saturated heterocycles. The van der Waals surface area contributed by atoms with Crippen LogP contribution in [-0.2, 0) is 14.6 Å². The minimum atomic E-state index is -3.14. The molecule has 2 aromatic carbocycles. The van der Waals surface area contributed by atoms with Crippen LogP contribution < -0.4 is 15.4 Å². The smallest absolute Gasteiger partial charge is 0.289 e. The van der Waals surface area contributed by atoms with Crippen LogP contribution in [0.25, 0.3) is 10.9 Å². The Morgan fingerprint density at radius 3 is 2.57 bits per heavy atom. The van der Waals surface area contributed by atoms with Gasteiger partial charge < -0.3 is 20.1 Å². The molecule has 10 nitrogen and oxygen atoms in total. The number of aromatic nitrogens is 3. The van der Waals surface area contributed by atoms with Gasteiger partial charge in [-0.25, -0.2) is 23.4 Å². The van der Waals surface area contributed by atoms with E-state index in [0.29, 0.717) is 11.6 Å². The first-order valence-electron chi connectivity index (χ1n) is 11.6. The Bertz CT molecular complexity index is 1590. The zero-order valence-electron chi connectivity index (χ0n) is 20.6. The normalized spacial score (nSPS) is 15.2. The van der Waals surface area contributed by atoms with Crippen molar-refractivity contribution in [2.24, 2.45) is 4.99 Å². The van der Waals surface area contributed by atoms with Crippen molar-refractivity contribution in [3.05, 3.63) is 72.3 Å². The zero-order chi connectivity index (χ0) is 26.0. The monoisotopic (exact) mass is 518 g/mol.